The number of aromatic nitrogens is 2. The molecule has 31 heavy (non-hydrogen) atoms. The van der Waals surface area contributed by atoms with Crippen LogP contribution in [0.15, 0.2) is 59.4 Å². The summed E-state index contributed by atoms with van der Waals surface area (Å²) < 4.78 is 6.56. The highest BCUT2D eigenvalue weighted by molar-refractivity contribution is 5.93. The molecule has 0 bridgehead atoms. The molecular weight excluding hydrogens is 390 g/mol. The number of methoxy groups -OCH3 is 1. The minimum atomic E-state index is -0.690. The average Bonchev–Trinajstić information content (AvgIpc) is 2.82. The van der Waals surface area contributed by atoms with Crippen molar-refractivity contribution < 1.29 is 9.53 Å². The highest BCUT2D eigenvalue weighted by Gasteiger charge is 2.27. The average molecular weight is 418 g/mol. The fraction of sp³-hybridized carbons (Fsp3) is 0.320. The van der Waals surface area contributed by atoms with Gasteiger partial charge in [-0.1, -0.05) is 37.3 Å². The quantitative estimate of drug-likeness (QED) is 0.646. The number of hydrogen-bond donors (Lipinski definition) is 1. The molecule has 0 saturated heterocycles. The van der Waals surface area contributed by atoms with Crippen LogP contribution in [0.4, 0.5) is 5.69 Å². The molecule has 1 atom stereocenters. The Morgan fingerprint density at radius 2 is 1.74 bits per heavy atom. The minimum Gasteiger partial charge on any atom is -0.497 e. The van der Waals surface area contributed by atoms with Crippen molar-refractivity contribution >= 4 is 11.6 Å². The summed E-state index contributed by atoms with van der Waals surface area (Å²) in [7, 11) is 1.60. The maximum atomic E-state index is 13.3. The maximum Gasteiger partial charge on any atom is 0.271 e. The van der Waals surface area contributed by atoms with Crippen LogP contribution < -0.4 is 15.6 Å². The summed E-state index contributed by atoms with van der Waals surface area (Å²) in [6, 6.07) is 16.3. The molecule has 6 heteroatoms. The van der Waals surface area contributed by atoms with Crippen LogP contribution in [0.25, 0.3) is 11.3 Å². The zero-order valence-corrected chi connectivity index (χ0v) is 17.9. The van der Waals surface area contributed by atoms with E-state index in [1.165, 1.54) is 4.68 Å². The number of ether oxygens (including phenoxy) is 1. The standard InChI is InChI=1S/C25H27N3O3/c1-3-22(24(29)26-18-13-15-19(31-2)16-14-18)28-25(30)21-12-8-7-11-20(21)23(27-28)17-9-5-4-6-10-17/h4-6,9-10,13-16,22H,3,7-8,11-12H2,1-2H3,(H,26,29). The molecule has 1 aliphatic rings. The van der Waals surface area contributed by atoms with E-state index < -0.39 is 6.04 Å². The molecule has 0 aliphatic heterocycles. The first-order chi connectivity index (χ1) is 15.1. The molecule has 0 fully saturated rings. The van der Waals surface area contributed by atoms with Gasteiger partial charge in [0.15, 0.2) is 0 Å². The predicted octanol–water partition coefficient (Wildman–Crippen LogP) is 4.39. The normalized spacial score (nSPS) is 13.9. The number of carbonyl (C=O) groups is 1. The molecule has 3 aromatic rings. The van der Waals surface area contributed by atoms with Crippen molar-refractivity contribution in [1.82, 2.24) is 9.78 Å². The number of benzene rings is 2. The summed E-state index contributed by atoms with van der Waals surface area (Å²) in [4.78, 5) is 26.5. The predicted molar refractivity (Wildman–Crippen MR) is 122 cm³/mol. The van der Waals surface area contributed by atoms with Crippen molar-refractivity contribution in [2.45, 2.75) is 45.1 Å². The Balaban J connectivity index is 1.74. The van der Waals surface area contributed by atoms with E-state index in [1.54, 1.807) is 31.4 Å². The van der Waals surface area contributed by atoms with Crippen LogP contribution in [0.1, 0.15) is 43.4 Å². The van der Waals surface area contributed by atoms with Gasteiger partial charge in [0.25, 0.3) is 5.56 Å². The summed E-state index contributed by atoms with van der Waals surface area (Å²) in [6.07, 6.45) is 4.06. The molecule has 6 nitrogen and oxygen atoms in total. The lowest BCUT2D eigenvalue weighted by Gasteiger charge is -2.23. The second kappa shape index (κ2) is 9.16. The van der Waals surface area contributed by atoms with E-state index in [1.807, 2.05) is 37.3 Å². The molecule has 1 amide bonds. The third-order valence-corrected chi connectivity index (χ3v) is 5.82. The van der Waals surface area contributed by atoms with Gasteiger partial charge in [0.1, 0.15) is 11.8 Å². The second-order valence-corrected chi connectivity index (χ2v) is 7.77. The highest BCUT2D eigenvalue weighted by atomic mass is 16.5. The molecule has 1 unspecified atom stereocenters. The van der Waals surface area contributed by atoms with Crippen LogP contribution in [0.3, 0.4) is 0 Å². The molecule has 2 aromatic carbocycles. The molecule has 1 aliphatic carbocycles. The number of nitrogens with one attached hydrogen (secondary N) is 1. The van der Waals surface area contributed by atoms with E-state index in [2.05, 4.69) is 5.32 Å². The van der Waals surface area contributed by atoms with E-state index in [-0.39, 0.29) is 11.5 Å². The molecule has 1 heterocycles. The van der Waals surface area contributed by atoms with Gasteiger partial charge in [-0.3, -0.25) is 9.59 Å². The fourth-order valence-electron chi connectivity index (χ4n) is 4.16. The van der Waals surface area contributed by atoms with E-state index in [9.17, 15) is 9.59 Å². The molecular formula is C25H27N3O3. The Kier molecular flexibility index (Phi) is 6.16. The lowest BCUT2D eigenvalue weighted by Crippen LogP contribution is -2.38. The zero-order chi connectivity index (χ0) is 21.8. The summed E-state index contributed by atoms with van der Waals surface area (Å²) in [6.45, 7) is 1.90. The number of anilines is 1. The van der Waals surface area contributed by atoms with Crippen molar-refractivity contribution in [3.8, 4) is 17.0 Å². The number of nitrogens with zero attached hydrogens (tertiary/aromatic N) is 2. The first kappa shape index (κ1) is 20.8. The van der Waals surface area contributed by atoms with Gasteiger partial charge in [0, 0.05) is 16.8 Å². The molecule has 160 valence electrons. The Morgan fingerprint density at radius 3 is 2.39 bits per heavy atom. The Bertz CT molecular complexity index is 1120. The van der Waals surface area contributed by atoms with Crippen LogP contribution in [0, 0.1) is 0 Å². The smallest absolute Gasteiger partial charge is 0.271 e. The Labute approximate surface area is 181 Å². The molecule has 0 saturated carbocycles. The summed E-state index contributed by atoms with van der Waals surface area (Å²) in [5.41, 5.74) is 4.12. The molecule has 0 spiro atoms. The zero-order valence-electron chi connectivity index (χ0n) is 17.9. The van der Waals surface area contributed by atoms with Crippen molar-refractivity contribution in [2.24, 2.45) is 0 Å². The third-order valence-electron chi connectivity index (χ3n) is 5.82. The SMILES string of the molecule is CCC(C(=O)Nc1ccc(OC)cc1)n1nc(-c2ccccc2)c2c(c1=O)CCCC2. The van der Waals surface area contributed by atoms with Crippen LogP contribution in [-0.2, 0) is 17.6 Å². The van der Waals surface area contributed by atoms with Gasteiger partial charge in [0.05, 0.1) is 12.8 Å². The number of carbonyl (C=O) groups excluding carboxylic acids is 1. The number of fused-ring (bicyclic) bond motifs is 1. The number of hydrogen-bond acceptors (Lipinski definition) is 4. The van der Waals surface area contributed by atoms with Gasteiger partial charge in [-0.05, 0) is 61.9 Å². The Hall–Kier alpha value is -3.41. The van der Waals surface area contributed by atoms with Crippen LogP contribution in [0.2, 0.25) is 0 Å². The summed E-state index contributed by atoms with van der Waals surface area (Å²) in [5, 5.41) is 7.66. The molecule has 0 radical (unpaired) electrons. The van der Waals surface area contributed by atoms with Crippen molar-refractivity contribution in [3.05, 3.63) is 76.1 Å². The van der Waals surface area contributed by atoms with Gasteiger partial charge in [-0.15, -0.1) is 0 Å². The first-order valence-electron chi connectivity index (χ1n) is 10.8. The van der Waals surface area contributed by atoms with Crippen molar-refractivity contribution in [3.63, 3.8) is 0 Å². The van der Waals surface area contributed by atoms with Crippen molar-refractivity contribution in [1.29, 1.82) is 0 Å². The summed E-state index contributed by atoms with van der Waals surface area (Å²) >= 11 is 0. The maximum absolute atomic E-state index is 13.3. The van der Waals surface area contributed by atoms with E-state index >= 15 is 0 Å². The molecule has 4 rings (SSSR count). The molecule has 1 aromatic heterocycles. The van der Waals surface area contributed by atoms with Gasteiger partial charge in [-0.2, -0.15) is 5.10 Å². The first-order valence-corrected chi connectivity index (χ1v) is 10.8. The van der Waals surface area contributed by atoms with Crippen molar-refractivity contribution in [2.75, 3.05) is 12.4 Å². The minimum absolute atomic E-state index is 0.147. The highest BCUT2D eigenvalue weighted by Crippen LogP contribution is 2.29. The lowest BCUT2D eigenvalue weighted by molar-refractivity contribution is -0.119. The fourth-order valence-corrected chi connectivity index (χ4v) is 4.16. The lowest BCUT2D eigenvalue weighted by atomic mass is 9.89. The van der Waals surface area contributed by atoms with Gasteiger partial charge in [0.2, 0.25) is 5.91 Å². The topological polar surface area (TPSA) is 73.2 Å². The third kappa shape index (κ3) is 4.24. The Morgan fingerprint density at radius 1 is 1.06 bits per heavy atom. The van der Waals surface area contributed by atoms with Crippen LogP contribution >= 0.6 is 0 Å². The van der Waals surface area contributed by atoms with Crippen LogP contribution in [0.5, 0.6) is 5.75 Å². The van der Waals surface area contributed by atoms with Gasteiger partial charge < -0.3 is 10.1 Å². The van der Waals surface area contributed by atoms with E-state index in [4.69, 9.17) is 9.84 Å². The van der Waals surface area contributed by atoms with Crippen LogP contribution in [-0.4, -0.2) is 22.8 Å². The monoisotopic (exact) mass is 417 g/mol. The second-order valence-electron chi connectivity index (χ2n) is 7.77. The number of rotatable bonds is 6. The molecule has 1 N–H and O–H groups in total. The van der Waals surface area contributed by atoms with E-state index in [0.29, 0.717) is 17.9 Å². The van der Waals surface area contributed by atoms with Gasteiger partial charge in [-0.25, -0.2) is 4.68 Å². The summed E-state index contributed by atoms with van der Waals surface area (Å²) in [5.74, 6) is 0.460. The number of amides is 1. The van der Waals surface area contributed by atoms with E-state index in [0.717, 1.165) is 48.1 Å². The van der Waals surface area contributed by atoms with Gasteiger partial charge >= 0.3 is 0 Å². The largest absolute Gasteiger partial charge is 0.497 e.